The van der Waals surface area contributed by atoms with Gasteiger partial charge in [-0.25, -0.2) is 0 Å². The zero-order valence-corrected chi connectivity index (χ0v) is 11.9. The van der Waals surface area contributed by atoms with E-state index in [0.717, 1.165) is 25.3 Å². The molecule has 18 heavy (non-hydrogen) atoms. The van der Waals surface area contributed by atoms with Gasteiger partial charge in [0.15, 0.2) is 0 Å². The molecule has 1 heterocycles. The van der Waals surface area contributed by atoms with Crippen LogP contribution in [0, 0.1) is 17.2 Å². The van der Waals surface area contributed by atoms with Crippen molar-refractivity contribution < 1.29 is 0 Å². The van der Waals surface area contributed by atoms with Crippen molar-refractivity contribution in [3.8, 4) is 6.07 Å². The van der Waals surface area contributed by atoms with Crippen molar-refractivity contribution in [3.63, 3.8) is 0 Å². The summed E-state index contributed by atoms with van der Waals surface area (Å²) in [6, 6.07) is 3.17. The van der Waals surface area contributed by atoms with Crippen LogP contribution in [0.1, 0.15) is 52.4 Å². The van der Waals surface area contributed by atoms with Crippen molar-refractivity contribution in [2.24, 2.45) is 5.92 Å². The summed E-state index contributed by atoms with van der Waals surface area (Å²) in [5.41, 5.74) is -0.238. The first-order chi connectivity index (χ1) is 8.73. The first-order valence-electron chi connectivity index (χ1n) is 7.63. The van der Waals surface area contributed by atoms with Gasteiger partial charge in [0, 0.05) is 12.6 Å². The van der Waals surface area contributed by atoms with Crippen LogP contribution in [0.2, 0.25) is 0 Å². The lowest BCUT2D eigenvalue weighted by Crippen LogP contribution is -2.46. The Morgan fingerprint density at radius 1 is 1.39 bits per heavy atom. The predicted molar refractivity (Wildman–Crippen MR) is 74.2 cm³/mol. The SMILES string of the molecule is CCNC1(C#N)CCC(N2CCCC(CC)C2)C1. The van der Waals surface area contributed by atoms with Gasteiger partial charge in [0.1, 0.15) is 5.54 Å². The Morgan fingerprint density at radius 3 is 2.89 bits per heavy atom. The van der Waals surface area contributed by atoms with Gasteiger partial charge >= 0.3 is 0 Å². The second kappa shape index (κ2) is 6.04. The molecule has 3 atom stereocenters. The molecule has 0 bridgehead atoms. The number of nitrogens with zero attached hydrogens (tertiary/aromatic N) is 2. The second-order valence-electron chi connectivity index (χ2n) is 6.03. The highest BCUT2D eigenvalue weighted by atomic mass is 15.2. The maximum absolute atomic E-state index is 9.43. The van der Waals surface area contributed by atoms with Gasteiger partial charge in [0.25, 0.3) is 0 Å². The molecule has 0 amide bonds. The Balaban J connectivity index is 1.93. The van der Waals surface area contributed by atoms with E-state index in [1.807, 2.05) is 0 Å². The van der Waals surface area contributed by atoms with E-state index in [9.17, 15) is 5.26 Å². The number of nitrogens with one attached hydrogen (secondary N) is 1. The Kier molecular flexibility index (Phi) is 4.64. The summed E-state index contributed by atoms with van der Waals surface area (Å²) in [6.45, 7) is 7.81. The topological polar surface area (TPSA) is 39.1 Å². The third kappa shape index (κ3) is 2.87. The van der Waals surface area contributed by atoms with Gasteiger partial charge in [0.2, 0.25) is 0 Å². The molecular formula is C15H27N3. The zero-order valence-electron chi connectivity index (χ0n) is 11.9. The largest absolute Gasteiger partial charge is 0.300 e. The number of hydrogen-bond acceptors (Lipinski definition) is 3. The lowest BCUT2D eigenvalue weighted by atomic mass is 9.93. The summed E-state index contributed by atoms with van der Waals surface area (Å²) in [7, 11) is 0. The highest BCUT2D eigenvalue weighted by Crippen LogP contribution is 2.35. The molecule has 3 heteroatoms. The van der Waals surface area contributed by atoms with Gasteiger partial charge in [-0.15, -0.1) is 0 Å². The minimum absolute atomic E-state index is 0.238. The van der Waals surface area contributed by atoms with E-state index in [1.54, 1.807) is 0 Å². The molecule has 3 nitrogen and oxygen atoms in total. The molecule has 1 aliphatic carbocycles. The fraction of sp³-hybridized carbons (Fsp3) is 0.933. The number of nitriles is 1. The van der Waals surface area contributed by atoms with E-state index in [1.165, 1.54) is 38.8 Å². The van der Waals surface area contributed by atoms with Crippen LogP contribution in [-0.4, -0.2) is 36.1 Å². The van der Waals surface area contributed by atoms with Crippen LogP contribution in [0.15, 0.2) is 0 Å². The molecule has 2 rings (SSSR count). The molecule has 1 N–H and O–H groups in total. The summed E-state index contributed by atoms with van der Waals surface area (Å²) in [6.07, 6.45) is 7.28. The van der Waals surface area contributed by atoms with Crippen LogP contribution in [0.4, 0.5) is 0 Å². The standard InChI is InChI=1S/C15H27N3/c1-3-13-6-5-9-18(11-13)14-7-8-15(10-14,12-16)17-4-2/h13-14,17H,3-11H2,1-2H3. The zero-order chi connectivity index (χ0) is 13.0. The number of likely N-dealkylation sites (tertiary alicyclic amines) is 1. The lowest BCUT2D eigenvalue weighted by Gasteiger charge is -2.37. The fourth-order valence-corrected chi connectivity index (χ4v) is 3.73. The molecule has 1 saturated carbocycles. The minimum atomic E-state index is -0.238. The average molecular weight is 249 g/mol. The van der Waals surface area contributed by atoms with Crippen molar-refractivity contribution in [1.82, 2.24) is 10.2 Å². The third-order valence-electron chi connectivity index (χ3n) is 4.86. The Hall–Kier alpha value is -0.590. The van der Waals surface area contributed by atoms with Gasteiger partial charge in [-0.1, -0.05) is 20.3 Å². The summed E-state index contributed by atoms with van der Waals surface area (Å²) >= 11 is 0. The molecular weight excluding hydrogens is 222 g/mol. The fourth-order valence-electron chi connectivity index (χ4n) is 3.73. The number of rotatable bonds is 4. The molecule has 0 aromatic heterocycles. The van der Waals surface area contributed by atoms with Crippen molar-refractivity contribution >= 4 is 0 Å². The van der Waals surface area contributed by atoms with E-state index in [2.05, 4.69) is 30.1 Å². The maximum atomic E-state index is 9.43. The van der Waals surface area contributed by atoms with E-state index < -0.39 is 0 Å². The van der Waals surface area contributed by atoms with E-state index in [0.29, 0.717) is 6.04 Å². The Labute approximate surface area is 112 Å². The normalized spacial score (nSPS) is 37.6. The molecule has 3 unspecified atom stereocenters. The molecule has 0 radical (unpaired) electrons. The summed E-state index contributed by atoms with van der Waals surface area (Å²) in [4.78, 5) is 2.66. The van der Waals surface area contributed by atoms with Crippen LogP contribution in [-0.2, 0) is 0 Å². The van der Waals surface area contributed by atoms with Gasteiger partial charge in [0.05, 0.1) is 6.07 Å². The van der Waals surface area contributed by atoms with Crippen molar-refractivity contribution in [1.29, 1.82) is 5.26 Å². The van der Waals surface area contributed by atoms with E-state index in [4.69, 9.17) is 0 Å². The Bertz CT molecular complexity index is 309. The molecule has 1 aliphatic heterocycles. The summed E-state index contributed by atoms with van der Waals surface area (Å²) in [5, 5.41) is 12.8. The van der Waals surface area contributed by atoms with E-state index >= 15 is 0 Å². The maximum Gasteiger partial charge on any atom is 0.108 e. The average Bonchev–Trinajstić information content (AvgIpc) is 2.84. The van der Waals surface area contributed by atoms with Crippen LogP contribution < -0.4 is 5.32 Å². The molecule has 2 fully saturated rings. The molecule has 0 aromatic carbocycles. The molecule has 0 aromatic rings. The number of hydrogen-bond donors (Lipinski definition) is 1. The van der Waals surface area contributed by atoms with Gasteiger partial charge in [-0.3, -0.25) is 5.32 Å². The van der Waals surface area contributed by atoms with Crippen molar-refractivity contribution in [2.75, 3.05) is 19.6 Å². The molecule has 0 spiro atoms. The van der Waals surface area contributed by atoms with Gasteiger partial charge in [-0.2, -0.15) is 5.26 Å². The smallest absolute Gasteiger partial charge is 0.108 e. The Morgan fingerprint density at radius 2 is 2.22 bits per heavy atom. The highest BCUT2D eigenvalue weighted by Gasteiger charge is 2.41. The van der Waals surface area contributed by atoms with Crippen LogP contribution in [0.3, 0.4) is 0 Å². The van der Waals surface area contributed by atoms with Crippen LogP contribution in [0.25, 0.3) is 0 Å². The van der Waals surface area contributed by atoms with Crippen molar-refractivity contribution in [2.45, 2.75) is 64.0 Å². The first-order valence-corrected chi connectivity index (χ1v) is 7.63. The van der Waals surface area contributed by atoms with Gasteiger partial charge < -0.3 is 4.90 Å². The third-order valence-corrected chi connectivity index (χ3v) is 4.86. The quantitative estimate of drug-likeness (QED) is 0.832. The molecule has 1 saturated heterocycles. The van der Waals surface area contributed by atoms with Crippen LogP contribution in [0.5, 0.6) is 0 Å². The summed E-state index contributed by atoms with van der Waals surface area (Å²) in [5.74, 6) is 0.884. The predicted octanol–water partition coefficient (Wildman–Crippen LogP) is 2.53. The minimum Gasteiger partial charge on any atom is -0.300 e. The van der Waals surface area contributed by atoms with E-state index in [-0.39, 0.29) is 5.54 Å². The van der Waals surface area contributed by atoms with Gasteiger partial charge in [-0.05, 0) is 51.1 Å². The first kappa shape index (κ1) is 13.8. The molecule has 2 aliphatic rings. The van der Waals surface area contributed by atoms with Crippen LogP contribution >= 0.6 is 0 Å². The monoisotopic (exact) mass is 249 g/mol. The summed E-state index contributed by atoms with van der Waals surface area (Å²) < 4.78 is 0. The lowest BCUT2D eigenvalue weighted by molar-refractivity contribution is 0.120. The van der Waals surface area contributed by atoms with Crippen molar-refractivity contribution in [3.05, 3.63) is 0 Å². The number of piperidine rings is 1. The highest BCUT2D eigenvalue weighted by molar-refractivity contribution is 5.13. The molecule has 102 valence electrons. The second-order valence-corrected chi connectivity index (χ2v) is 6.03.